The average Bonchev–Trinajstić information content (AvgIpc) is 2.42. The predicted octanol–water partition coefficient (Wildman–Crippen LogP) is 3.91. The van der Waals surface area contributed by atoms with E-state index in [1.165, 1.54) is 18.2 Å². The van der Waals surface area contributed by atoms with Crippen LogP contribution < -0.4 is 10.2 Å². The largest absolute Gasteiger partial charge is 0.378 e. The van der Waals surface area contributed by atoms with Gasteiger partial charge in [0.2, 0.25) is 0 Å². The highest BCUT2D eigenvalue weighted by Crippen LogP contribution is 2.24. The van der Waals surface area contributed by atoms with E-state index in [1.54, 1.807) is 12.1 Å². The monoisotopic (exact) mass is 336 g/mol. The first-order valence-electron chi connectivity index (χ1n) is 6.01. The summed E-state index contributed by atoms with van der Waals surface area (Å²) in [6, 6.07) is 11.4. The van der Waals surface area contributed by atoms with Crippen molar-refractivity contribution < 1.29 is 9.18 Å². The minimum Gasteiger partial charge on any atom is -0.378 e. The number of benzene rings is 2. The average molecular weight is 337 g/mol. The highest BCUT2D eigenvalue weighted by molar-refractivity contribution is 9.10. The van der Waals surface area contributed by atoms with E-state index in [2.05, 4.69) is 21.2 Å². The summed E-state index contributed by atoms with van der Waals surface area (Å²) in [6.07, 6.45) is 0. The lowest BCUT2D eigenvalue weighted by Gasteiger charge is -2.13. The molecular weight excluding hydrogens is 323 g/mol. The summed E-state index contributed by atoms with van der Waals surface area (Å²) in [5, 5.41) is 2.74. The summed E-state index contributed by atoms with van der Waals surface area (Å²) in [5.41, 5.74) is 2.10. The second-order valence-electron chi connectivity index (χ2n) is 4.52. The molecular formula is C15H14BrFN2O. The van der Waals surface area contributed by atoms with Crippen molar-refractivity contribution in [2.75, 3.05) is 24.3 Å². The maximum Gasteiger partial charge on any atom is 0.255 e. The van der Waals surface area contributed by atoms with Crippen LogP contribution in [-0.4, -0.2) is 20.0 Å². The first kappa shape index (κ1) is 14.5. The van der Waals surface area contributed by atoms with Gasteiger partial charge in [-0.3, -0.25) is 4.79 Å². The zero-order valence-corrected chi connectivity index (χ0v) is 12.7. The Morgan fingerprint density at radius 3 is 2.35 bits per heavy atom. The van der Waals surface area contributed by atoms with Crippen molar-refractivity contribution in [1.82, 2.24) is 0 Å². The number of carbonyl (C=O) groups excluding carboxylic acids is 1. The molecule has 0 aliphatic heterocycles. The number of nitrogens with one attached hydrogen (secondary N) is 1. The fourth-order valence-corrected chi connectivity index (χ4v) is 2.15. The molecule has 0 aliphatic carbocycles. The molecule has 0 atom stereocenters. The molecule has 2 aromatic carbocycles. The summed E-state index contributed by atoms with van der Waals surface area (Å²) in [4.78, 5) is 14.0. The molecule has 0 fully saturated rings. The van der Waals surface area contributed by atoms with Crippen LogP contribution >= 0.6 is 15.9 Å². The molecule has 0 bridgehead atoms. The number of halogens is 2. The van der Waals surface area contributed by atoms with Crippen LogP contribution in [0.3, 0.4) is 0 Å². The van der Waals surface area contributed by atoms with Crippen molar-refractivity contribution in [1.29, 1.82) is 0 Å². The predicted molar refractivity (Wildman–Crippen MR) is 82.8 cm³/mol. The lowest BCUT2D eigenvalue weighted by atomic mass is 10.2. The highest BCUT2D eigenvalue weighted by atomic mass is 79.9. The SMILES string of the molecule is CN(C)c1ccc(C(=O)Nc2ccc(F)cc2Br)cc1. The van der Waals surface area contributed by atoms with Gasteiger partial charge in [0.1, 0.15) is 5.82 Å². The summed E-state index contributed by atoms with van der Waals surface area (Å²) in [6.45, 7) is 0. The lowest BCUT2D eigenvalue weighted by Crippen LogP contribution is -2.13. The Morgan fingerprint density at radius 1 is 1.15 bits per heavy atom. The maximum atomic E-state index is 13.0. The summed E-state index contributed by atoms with van der Waals surface area (Å²) in [5.74, 6) is -0.590. The van der Waals surface area contributed by atoms with Gasteiger partial charge in [0.25, 0.3) is 5.91 Å². The van der Waals surface area contributed by atoms with E-state index < -0.39 is 0 Å². The van der Waals surface area contributed by atoms with Crippen molar-refractivity contribution in [3.05, 3.63) is 58.3 Å². The number of anilines is 2. The van der Waals surface area contributed by atoms with E-state index in [1.807, 2.05) is 31.1 Å². The van der Waals surface area contributed by atoms with Crippen LogP contribution in [0.4, 0.5) is 15.8 Å². The Morgan fingerprint density at radius 2 is 1.80 bits per heavy atom. The molecule has 0 heterocycles. The molecule has 3 nitrogen and oxygen atoms in total. The summed E-state index contributed by atoms with van der Waals surface area (Å²) in [7, 11) is 3.87. The van der Waals surface area contributed by atoms with Crippen LogP contribution in [0.5, 0.6) is 0 Å². The number of carbonyl (C=O) groups is 1. The molecule has 20 heavy (non-hydrogen) atoms. The quantitative estimate of drug-likeness (QED) is 0.921. The number of nitrogens with zero attached hydrogens (tertiary/aromatic N) is 1. The molecule has 0 unspecified atom stereocenters. The van der Waals surface area contributed by atoms with E-state index >= 15 is 0 Å². The van der Waals surface area contributed by atoms with Gasteiger partial charge in [-0.05, 0) is 58.4 Å². The van der Waals surface area contributed by atoms with Gasteiger partial charge in [-0.15, -0.1) is 0 Å². The first-order chi connectivity index (χ1) is 9.47. The van der Waals surface area contributed by atoms with Crippen LogP contribution in [0.2, 0.25) is 0 Å². The first-order valence-corrected chi connectivity index (χ1v) is 6.80. The molecule has 0 saturated carbocycles. The molecule has 1 amide bonds. The van der Waals surface area contributed by atoms with Gasteiger partial charge in [-0.25, -0.2) is 4.39 Å². The summed E-state index contributed by atoms with van der Waals surface area (Å²) < 4.78 is 13.5. The van der Waals surface area contributed by atoms with Crippen molar-refractivity contribution in [3.8, 4) is 0 Å². The second-order valence-corrected chi connectivity index (χ2v) is 5.37. The normalized spacial score (nSPS) is 10.2. The van der Waals surface area contributed by atoms with E-state index in [-0.39, 0.29) is 11.7 Å². The fourth-order valence-electron chi connectivity index (χ4n) is 1.70. The molecule has 104 valence electrons. The number of hydrogen-bond donors (Lipinski definition) is 1. The van der Waals surface area contributed by atoms with E-state index in [0.29, 0.717) is 15.7 Å². The van der Waals surface area contributed by atoms with Gasteiger partial charge in [0.05, 0.1) is 5.69 Å². The third kappa shape index (κ3) is 3.36. The Bertz CT molecular complexity index is 626. The third-order valence-electron chi connectivity index (χ3n) is 2.83. The maximum absolute atomic E-state index is 13.0. The molecule has 0 saturated heterocycles. The van der Waals surface area contributed by atoms with E-state index in [4.69, 9.17) is 0 Å². The lowest BCUT2D eigenvalue weighted by molar-refractivity contribution is 0.102. The highest BCUT2D eigenvalue weighted by Gasteiger charge is 2.09. The molecule has 0 radical (unpaired) electrons. The smallest absolute Gasteiger partial charge is 0.255 e. The van der Waals surface area contributed by atoms with Gasteiger partial charge in [-0.1, -0.05) is 0 Å². The molecule has 2 rings (SSSR count). The van der Waals surface area contributed by atoms with Crippen LogP contribution in [0.1, 0.15) is 10.4 Å². The van der Waals surface area contributed by atoms with Crippen molar-refractivity contribution in [3.63, 3.8) is 0 Å². The Kier molecular flexibility index (Phi) is 4.39. The minimum atomic E-state index is -0.356. The molecule has 0 aliphatic rings. The van der Waals surface area contributed by atoms with Gasteiger partial charge in [0.15, 0.2) is 0 Å². The zero-order chi connectivity index (χ0) is 14.7. The zero-order valence-electron chi connectivity index (χ0n) is 11.2. The van der Waals surface area contributed by atoms with Gasteiger partial charge in [0, 0.05) is 29.8 Å². The van der Waals surface area contributed by atoms with Crippen LogP contribution in [0.25, 0.3) is 0 Å². The third-order valence-corrected chi connectivity index (χ3v) is 3.48. The van der Waals surface area contributed by atoms with Crippen LogP contribution in [0.15, 0.2) is 46.9 Å². The van der Waals surface area contributed by atoms with Crippen molar-refractivity contribution >= 4 is 33.2 Å². The van der Waals surface area contributed by atoms with Crippen molar-refractivity contribution in [2.24, 2.45) is 0 Å². The van der Waals surface area contributed by atoms with Gasteiger partial charge in [-0.2, -0.15) is 0 Å². The molecule has 1 N–H and O–H groups in total. The molecule has 0 aromatic heterocycles. The molecule has 2 aromatic rings. The molecule has 5 heteroatoms. The van der Waals surface area contributed by atoms with E-state index in [0.717, 1.165) is 5.69 Å². The van der Waals surface area contributed by atoms with Gasteiger partial charge < -0.3 is 10.2 Å². The van der Waals surface area contributed by atoms with Gasteiger partial charge >= 0.3 is 0 Å². The molecule has 0 spiro atoms. The summed E-state index contributed by atoms with van der Waals surface area (Å²) >= 11 is 3.22. The number of hydrogen-bond acceptors (Lipinski definition) is 2. The topological polar surface area (TPSA) is 32.3 Å². The van der Waals surface area contributed by atoms with Crippen LogP contribution in [0, 0.1) is 5.82 Å². The second kappa shape index (κ2) is 6.05. The standard InChI is InChI=1S/C15H14BrFN2O/c1-19(2)12-6-3-10(4-7-12)15(20)18-14-8-5-11(17)9-13(14)16/h3-9H,1-2H3,(H,18,20). The van der Waals surface area contributed by atoms with Crippen LogP contribution in [-0.2, 0) is 0 Å². The number of amides is 1. The Hall–Kier alpha value is -1.88. The van der Waals surface area contributed by atoms with Crippen molar-refractivity contribution in [2.45, 2.75) is 0 Å². The Balaban J connectivity index is 2.15. The number of rotatable bonds is 3. The minimum absolute atomic E-state index is 0.234. The Labute approximate surface area is 125 Å². The van der Waals surface area contributed by atoms with E-state index in [9.17, 15) is 9.18 Å². The fraction of sp³-hybridized carbons (Fsp3) is 0.133.